The molecular weight excluding hydrogens is 254 g/mol. The van der Waals surface area contributed by atoms with Crippen molar-refractivity contribution in [2.24, 2.45) is 7.05 Å². The molecule has 0 amide bonds. The quantitative estimate of drug-likeness (QED) is 0.849. The summed E-state index contributed by atoms with van der Waals surface area (Å²) in [6.07, 6.45) is 1.73. The van der Waals surface area contributed by atoms with Crippen LogP contribution in [0.1, 0.15) is 5.69 Å². The molecule has 6 nitrogen and oxygen atoms in total. The van der Waals surface area contributed by atoms with Crippen molar-refractivity contribution in [3.05, 3.63) is 42.2 Å². The van der Waals surface area contributed by atoms with Crippen LogP contribution in [0.25, 0.3) is 0 Å². The number of sulfonamides is 1. The maximum absolute atomic E-state index is 11.9. The molecule has 2 rings (SSSR count). The smallest absolute Gasteiger partial charge is 0.241 e. The predicted octanol–water partition coefficient (Wildman–Crippen LogP) is 0.604. The molecule has 2 aromatic rings. The van der Waals surface area contributed by atoms with Gasteiger partial charge < -0.3 is 5.11 Å². The Labute approximate surface area is 105 Å². The number of phenols is 1. The van der Waals surface area contributed by atoms with Crippen molar-refractivity contribution in [2.45, 2.75) is 11.4 Å². The average molecular weight is 267 g/mol. The fraction of sp³-hybridized carbons (Fsp3) is 0.182. The Hall–Kier alpha value is -1.86. The molecule has 0 saturated heterocycles. The number of benzene rings is 1. The lowest BCUT2D eigenvalue weighted by atomic mass is 10.3. The number of rotatable bonds is 4. The van der Waals surface area contributed by atoms with Gasteiger partial charge in [0.25, 0.3) is 0 Å². The Morgan fingerprint density at radius 1 is 1.39 bits per heavy atom. The van der Waals surface area contributed by atoms with Crippen LogP contribution in [0.2, 0.25) is 0 Å². The summed E-state index contributed by atoms with van der Waals surface area (Å²) in [5.74, 6) is -0.0873. The molecule has 0 aliphatic heterocycles. The SMILES string of the molecule is Cn1ccc(CNS(=O)(=O)c2cccc(O)c2)n1. The van der Waals surface area contributed by atoms with Crippen LogP contribution in [-0.4, -0.2) is 23.3 Å². The first-order valence-corrected chi connectivity index (χ1v) is 6.73. The van der Waals surface area contributed by atoms with E-state index in [1.807, 2.05) is 0 Å². The number of phenolic OH excluding ortho intramolecular Hbond substituents is 1. The van der Waals surface area contributed by atoms with Crippen LogP contribution in [0, 0.1) is 0 Å². The molecule has 0 fully saturated rings. The predicted molar refractivity (Wildman–Crippen MR) is 65.3 cm³/mol. The normalized spacial score (nSPS) is 11.6. The maximum atomic E-state index is 11.9. The van der Waals surface area contributed by atoms with E-state index in [9.17, 15) is 13.5 Å². The number of hydrogen-bond donors (Lipinski definition) is 2. The first-order chi connectivity index (χ1) is 8.47. The molecule has 0 spiro atoms. The van der Waals surface area contributed by atoms with Crippen molar-refractivity contribution in [2.75, 3.05) is 0 Å². The molecule has 0 saturated carbocycles. The fourth-order valence-corrected chi connectivity index (χ4v) is 2.50. The van der Waals surface area contributed by atoms with Gasteiger partial charge in [0.05, 0.1) is 17.1 Å². The average Bonchev–Trinajstić information content (AvgIpc) is 2.73. The molecular formula is C11H13N3O3S. The van der Waals surface area contributed by atoms with Gasteiger partial charge in [0.2, 0.25) is 10.0 Å². The number of nitrogens with one attached hydrogen (secondary N) is 1. The summed E-state index contributed by atoms with van der Waals surface area (Å²) in [6.45, 7) is 0.110. The van der Waals surface area contributed by atoms with Gasteiger partial charge in [-0.15, -0.1) is 0 Å². The van der Waals surface area contributed by atoms with Crippen LogP contribution in [0.5, 0.6) is 5.75 Å². The second-order valence-electron chi connectivity index (χ2n) is 3.80. The highest BCUT2D eigenvalue weighted by Crippen LogP contribution is 2.15. The molecule has 0 aliphatic carbocycles. The highest BCUT2D eigenvalue weighted by atomic mass is 32.2. The standard InChI is InChI=1S/C11H13N3O3S/c1-14-6-5-9(13-14)8-12-18(16,17)11-4-2-3-10(15)7-11/h2-7,12,15H,8H2,1H3. The van der Waals surface area contributed by atoms with Crippen molar-refractivity contribution in [3.63, 3.8) is 0 Å². The van der Waals surface area contributed by atoms with E-state index in [0.717, 1.165) is 0 Å². The van der Waals surface area contributed by atoms with Crippen molar-refractivity contribution in [1.29, 1.82) is 0 Å². The fourth-order valence-electron chi connectivity index (χ4n) is 1.46. The second-order valence-corrected chi connectivity index (χ2v) is 5.57. The Balaban J connectivity index is 2.13. The van der Waals surface area contributed by atoms with Gasteiger partial charge in [-0.05, 0) is 24.3 Å². The summed E-state index contributed by atoms with van der Waals surface area (Å²) in [6, 6.07) is 7.23. The zero-order chi connectivity index (χ0) is 13.2. The molecule has 0 aliphatic rings. The van der Waals surface area contributed by atoms with Crippen LogP contribution in [-0.2, 0) is 23.6 Å². The third kappa shape index (κ3) is 2.88. The minimum atomic E-state index is -3.63. The summed E-state index contributed by atoms with van der Waals surface area (Å²) in [5, 5.41) is 13.3. The lowest BCUT2D eigenvalue weighted by molar-refractivity contribution is 0.473. The number of aryl methyl sites for hydroxylation is 1. The van der Waals surface area contributed by atoms with Crippen molar-refractivity contribution < 1.29 is 13.5 Å². The van der Waals surface area contributed by atoms with E-state index in [4.69, 9.17) is 0 Å². The van der Waals surface area contributed by atoms with E-state index in [0.29, 0.717) is 5.69 Å². The molecule has 18 heavy (non-hydrogen) atoms. The highest BCUT2D eigenvalue weighted by molar-refractivity contribution is 7.89. The highest BCUT2D eigenvalue weighted by Gasteiger charge is 2.14. The van der Waals surface area contributed by atoms with Gasteiger partial charge in [-0.2, -0.15) is 5.10 Å². The number of nitrogens with zero attached hydrogens (tertiary/aromatic N) is 2. The summed E-state index contributed by atoms with van der Waals surface area (Å²) in [5.41, 5.74) is 0.626. The van der Waals surface area contributed by atoms with Crippen LogP contribution in [0.15, 0.2) is 41.4 Å². The Morgan fingerprint density at radius 3 is 2.78 bits per heavy atom. The lowest BCUT2D eigenvalue weighted by Gasteiger charge is -2.05. The van der Waals surface area contributed by atoms with Gasteiger partial charge >= 0.3 is 0 Å². The molecule has 1 heterocycles. The van der Waals surface area contributed by atoms with Gasteiger partial charge in [-0.25, -0.2) is 13.1 Å². The van der Waals surface area contributed by atoms with E-state index in [-0.39, 0.29) is 17.2 Å². The summed E-state index contributed by atoms with van der Waals surface area (Å²) < 4.78 is 27.8. The monoisotopic (exact) mass is 267 g/mol. The zero-order valence-electron chi connectivity index (χ0n) is 9.74. The van der Waals surface area contributed by atoms with E-state index in [1.54, 1.807) is 24.0 Å². The van der Waals surface area contributed by atoms with Crippen LogP contribution >= 0.6 is 0 Å². The largest absolute Gasteiger partial charge is 0.508 e. The minimum absolute atomic E-state index is 0.0263. The molecule has 0 radical (unpaired) electrons. The minimum Gasteiger partial charge on any atom is -0.508 e. The number of hydrogen-bond acceptors (Lipinski definition) is 4. The molecule has 0 bridgehead atoms. The van der Waals surface area contributed by atoms with E-state index in [1.165, 1.54) is 24.3 Å². The summed E-state index contributed by atoms with van der Waals surface area (Å²) >= 11 is 0. The number of aromatic nitrogens is 2. The molecule has 1 aromatic heterocycles. The second kappa shape index (κ2) is 4.79. The first-order valence-electron chi connectivity index (χ1n) is 5.24. The molecule has 1 aromatic carbocycles. The van der Waals surface area contributed by atoms with Gasteiger partial charge in [0.15, 0.2) is 0 Å². The topological polar surface area (TPSA) is 84.2 Å². The summed E-state index contributed by atoms with van der Waals surface area (Å²) in [4.78, 5) is 0.0263. The third-order valence-corrected chi connectivity index (χ3v) is 3.74. The first kappa shape index (κ1) is 12.6. The Bertz CT molecular complexity index is 649. The van der Waals surface area contributed by atoms with E-state index < -0.39 is 10.0 Å². The van der Waals surface area contributed by atoms with Crippen LogP contribution in [0.4, 0.5) is 0 Å². The van der Waals surface area contributed by atoms with Gasteiger partial charge in [-0.3, -0.25) is 4.68 Å². The lowest BCUT2D eigenvalue weighted by Crippen LogP contribution is -2.23. The van der Waals surface area contributed by atoms with E-state index >= 15 is 0 Å². The molecule has 96 valence electrons. The Morgan fingerprint density at radius 2 is 2.17 bits per heavy atom. The molecule has 2 N–H and O–H groups in total. The summed E-state index contributed by atoms with van der Waals surface area (Å²) in [7, 11) is -1.87. The zero-order valence-corrected chi connectivity index (χ0v) is 10.6. The molecule has 7 heteroatoms. The van der Waals surface area contributed by atoms with Gasteiger partial charge in [-0.1, -0.05) is 6.07 Å². The van der Waals surface area contributed by atoms with E-state index in [2.05, 4.69) is 9.82 Å². The maximum Gasteiger partial charge on any atom is 0.241 e. The third-order valence-electron chi connectivity index (χ3n) is 2.34. The van der Waals surface area contributed by atoms with Crippen molar-refractivity contribution >= 4 is 10.0 Å². The van der Waals surface area contributed by atoms with Gasteiger partial charge in [0, 0.05) is 13.2 Å². The Kier molecular flexibility index (Phi) is 3.35. The van der Waals surface area contributed by atoms with Crippen molar-refractivity contribution in [1.82, 2.24) is 14.5 Å². The van der Waals surface area contributed by atoms with Crippen LogP contribution in [0.3, 0.4) is 0 Å². The van der Waals surface area contributed by atoms with Gasteiger partial charge in [0.1, 0.15) is 5.75 Å². The molecule has 0 unspecified atom stereocenters. The number of aromatic hydroxyl groups is 1. The molecule has 0 atom stereocenters. The van der Waals surface area contributed by atoms with Crippen LogP contribution < -0.4 is 4.72 Å². The van der Waals surface area contributed by atoms with Crippen molar-refractivity contribution in [3.8, 4) is 5.75 Å².